The summed E-state index contributed by atoms with van der Waals surface area (Å²) in [5.74, 6) is 1.03. The van der Waals surface area contributed by atoms with Crippen LogP contribution in [-0.4, -0.2) is 24.4 Å². The van der Waals surface area contributed by atoms with E-state index in [1.165, 1.54) is 0 Å². The second kappa shape index (κ2) is 4.33. The van der Waals surface area contributed by atoms with Crippen molar-refractivity contribution in [1.29, 1.82) is 0 Å². The molecule has 3 heteroatoms. The van der Waals surface area contributed by atoms with Crippen LogP contribution >= 0.6 is 0 Å². The number of aromatic hydroxyl groups is 1. The monoisotopic (exact) mass is 194 g/mol. The van der Waals surface area contributed by atoms with Gasteiger partial charge in [-0.05, 0) is 37.1 Å². The van der Waals surface area contributed by atoms with Crippen molar-refractivity contribution < 1.29 is 14.6 Å². The smallest absolute Gasteiger partial charge is 0.119 e. The van der Waals surface area contributed by atoms with Gasteiger partial charge in [0.25, 0.3) is 0 Å². The third kappa shape index (κ3) is 2.39. The second-order valence-corrected chi connectivity index (χ2v) is 3.44. The first kappa shape index (κ1) is 9.34. The van der Waals surface area contributed by atoms with Gasteiger partial charge in [0.15, 0.2) is 0 Å². The Kier molecular flexibility index (Phi) is 2.89. The summed E-state index contributed by atoms with van der Waals surface area (Å²) in [6.07, 6.45) is 2.45. The Hall–Kier alpha value is -1.22. The summed E-state index contributed by atoms with van der Waals surface area (Å²) in [4.78, 5) is 0. The van der Waals surface area contributed by atoms with Crippen molar-refractivity contribution in [3.8, 4) is 11.5 Å². The van der Waals surface area contributed by atoms with Crippen molar-refractivity contribution in [2.75, 3.05) is 13.2 Å². The normalized spacial score (nSPS) is 21.0. The Morgan fingerprint density at radius 3 is 2.79 bits per heavy atom. The summed E-state index contributed by atoms with van der Waals surface area (Å²) in [5, 5.41) is 9.06. The molecule has 2 rings (SSSR count). The fourth-order valence-electron chi connectivity index (χ4n) is 1.51. The summed E-state index contributed by atoms with van der Waals surface area (Å²) in [6.45, 7) is 1.45. The van der Waals surface area contributed by atoms with Crippen molar-refractivity contribution in [1.82, 2.24) is 0 Å². The van der Waals surface area contributed by atoms with E-state index in [-0.39, 0.29) is 11.9 Å². The number of phenols is 1. The fourth-order valence-corrected chi connectivity index (χ4v) is 1.51. The van der Waals surface area contributed by atoms with Gasteiger partial charge in [-0.15, -0.1) is 0 Å². The fraction of sp³-hybridized carbons (Fsp3) is 0.455. The molecule has 1 aromatic carbocycles. The molecule has 1 N–H and O–H groups in total. The van der Waals surface area contributed by atoms with Gasteiger partial charge in [0.2, 0.25) is 0 Å². The average molecular weight is 194 g/mol. The Bertz CT molecular complexity index is 275. The predicted molar refractivity (Wildman–Crippen MR) is 52.6 cm³/mol. The maximum atomic E-state index is 9.06. The summed E-state index contributed by atoms with van der Waals surface area (Å²) in [6, 6.07) is 6.74. The zero-order chi connectivity index (χ0) is 9.80. The topological polar surface area (TPSA) is 38.7 Å². The second-order valence-electron chi connectivity index (χ2n) is 3.44. The van der Waals surface area contributed by atoms with Gasteiger partial charge in [0.1, 0.15) is 18.1 Å². The van der Waals surface area contributed by atoms with Gasteiger partial charge in [-0.1, -0.05) is 0 Å². The van der Waals surface area contributed by atoms with E-state index >= 15 is 0 Å². The van der Waals surface area contributed by atoms with E-state index in [0.717, 1.165) is 25.2 Å². The molecule has 1 aromatic rings. The summed E-state index contributed by atoms with van der Waals surface area (Å²) >= 11 is 0. The minimum Gasteiger partial charge on any atom is -0.508 e. The van der Waals surface area contributed by atoms with Crippen molar-refractivity contribution in [3.05, 3.63) is 24.3 Å². The third-order valence-electron chi connectivity index (χ3n) is 2.30. The molecule has 1 saturated heterocycles. The standard InChI is InChI=1S/C11H14O3/c12-9-3-5-10(6-4-9)14-8-11-2-1-7-13-11/h3-6,11-12H,1-2,7-8H2/t11-/m1/s1. The van der Waals surface area contributed by atoms with Gasteiger partial charge in [-0.25, -0.2) is 0 Å². The van der Waals surface area contributed by atoms with Gasteiger partial charge >= 0.3 is 0 Å². The van der Waals surface area contributed by atoms with Crippen LogP contribution in [0.5, 0.6) is 11.5 Å². The van der Waals surface area contributed by atoms with Crippen LogP contribution in [0.3, 0.4) is 0 Å². The van der Waals surface area contributed by atoms with Crippen LogP contribution in [0.4, 0.5) is 0 Å². The number of phenolic OH excluding ortho intramolecular Hbond substituents is 1. The predicted octanol–water partition coefficient (Wildman–Crippen LogP) is 1.95. The maximum Gasteiger partial charge on any atom is 0.119 e. The lowest BCUT2D eigenvalue weighted by Gasteiger charge is -2.11. The van der Waals surface area contributed by atoms with Gasteiger partial charge < -0.3 is 14.6 Å². The van der Waals surface area contributed by atoms with Crippen molar-refractivity contribution in [3.63, 3.8) is 0 Å². The SMILES string of the molecule is Oc1ccc(OC[C@H]2CCCO2)cc1. The molecule has 1 atom stereocenters. The van der Waals surface area contributed by atoms with E-state index in [1.807, 2.05) is 0 Å². The molecule has 0 unspecified atom stereocenters. The molecule has 76 valence electrons. The highest BCUT2D eigenvalue weighted by atomic mass is 16.5. The van der Waals surface area contributed by atoms with Gasteiger partial charge in [0, 0.05) is 6.61 Å². The van der Waals surface area contributed by atoms with E-state index in [4.69, 9.17) is 14.6 Å². The van der Waals surface area contributed by atoms with E-state index in [9.17, 15) is 0 Å². The molecule has 1 aliphatic heterocycles. The molecule has 1 fully saturated rings. The maximum absolute atomic E-state index is 9.06. The lowest BCUT2D eigenvalue weighted by atomic mass is 10.2. The molecule has 3 nitrogen and oxygen atoms in total. The van der Waals surface area contributed by atoms with Crippen molar-refractivity contribution in [2.24, 2.45) is 0 Å². The molecule has 1 heterocycles. The molecule has 0 radical (unpaired) electrons. The lowest BCUT2D eigenvalue weighted by Crippen LogP contribution is -2.16. The Labute approximate surface area is 83.3 Å². The molecule has 0 spiro atoms. The van der Waals surface area contributed by atoms with Crippen LogP contribution in [-0.2, 0) is 4.74 Å². The summed E-state index contributed by atoms with van der Waals surface area (Å²) in [7, 11) is 0. The van der Waals surface area contributed by atoms with E-state index in [1.54, 1.807) is 24.3 Å². The molecule has 1 aliphatic rings. The van der Waals surface area contributed by atoms with Crippen LogP contribution in [0.2, 0.25) is 0 Å². The highest BCUT2D eigenvalue weighted by Crippen LogP contribution is 2.18. The molecule has 0 aliphatic carbocycles. The third-order valence-corrected chi connectivity index (χ3v) is 2.30. The summed E-state index contributed by atoms with van der Waals surface area (Å²) in [5.41, 5.74) is 0. The van der Waals surface area contributed by atoms with E-state index < -0.39 is 0 Å². The molecule has 0 amide bonds. The zero-order valence-electron chi connectivity index (χ0n) is 7.98. The Morgan fingerprint density at radius 1 is 1.36 bits per heavy atom. The molecule has 0 saturated carbocycles. The Morgan fingerprint density at radius 2 is 2.14 bits per heavy atom. The number of benzene rings is 1. The summed E-state index contributed by atoms with van der Waals surface area (Å²) < 4.78 is 10.9. The minimum atomic E-state index is 0.240. The minimum absolute atomic E-state index is 0.240. The molecule has 0 bridgehead atoms. The first-order valence-electron chi connectivity index (χ1n) is 4.88. The highest BCUT2D eigenvalue weighted by Gasteiger charge is 2.15. The highest BCUT2D eigenvalue weighted by molar-refractivity contribution is 5.30. The molecular weight excluding hydrogens is 180 g/mol. The number of hydrogen-bond donors (Lipinski definition) is 1. The number of ether oxygens (including phenoxy) is 2. The number of hydrogen-bond acceptors (Lipinski definition) is 3. The van der Waals surface area contributed by atoms with E-state index in [0.29, 0.717) is 6.61 Å². The largest absolute Gasteiger partial charge is 0.508 e. The van der Waals surface area contributed by atoms with Gasteiger partial charge in [-0.2, -0.15) is 0 Å². The van der Waals surface area contributed by atoms with Crippen LogP contribution in [0.1, 0.15) is 12.8 Å². The van der Waals surface area contributed by atoms with Gasteiger partial charge in [0.05, 0.1) is 6.10 Å². The van der Waals surface area contributed by atoms with Crippen LogP contribution in [0, 0.1) is 0 Å². The quantitative estimate of drug-likeness (QED) is 0.799. The van der Waals surface area contributed by atoms with Crippen molar-refractivity contribution in [2.45, 2.75) is 18.9 Å². The Balaban J connectivity index is 1.82. The first-order valence-corrected chi connectivity index (χ1v) is 4.88. The van der Waals surface area contributed by atoms with Gasteiger partial charge in [-0.3, -0.25) is 0 Å². The lowest BCUT2D eigenvalue weighted by molar-refractivity contribution is 0.0679. The molecule has 14 heavy (non-hydrogen) atoms. The number of rotatable bonds is 3. The van der Waals surface area contributed by atoms with Crippen LogP contribution in [0.25, 0.3) is 0 Å². The van der Waals surface area contributed by atoms with Crippen LogP contribution in [0.15, 0.2) is 24.3 Å². The first-order chi connectivity index (χ1) is 6.84. The zero-order valence-corrected chi connectivity index (χ0v) is 7.98. The van der Waals surface area contributed by atoms with E-state index in [2.05, 4.69) is 0 Å². The van der Waals surface area contributed by atoms with Crippen LogP contribution < -0.4 is 4.74 Å². The average Bonchev–Trinajstić information content (AvgIpc) is 2.70. The molecular formula is C11H14O3. The van der Waals surface area contributed by atoms with Crippen molar-refractivity contribution >= 4 is 0 Å². The molecule has 0 aromatic heterocycles.